The largest absolute Gasteiger partial charge is 0.369 e. The first kappa shape index (κ1) is 12.3. The molecule has 15 heavy (non-hydrogen) atoms. The Labute approximate surface area is 96.1 Å². The van der Waals surface area contributed by atoms with E-state index in [-0.39, 0.29) is 0 Å². The maximum absolute atomic E-state index is 4.41. The first-order chi connectivity index (χ1) is 7.13. The van der Waals surface area contributed by atoms with Gasteiger partial charge in [0, 0.05) is 11.8 Å². The third-order valence-electron chi connectivity index (χ3n) is 2.45. The second-order valence-corrected chi connectivity index (χ2v) is 4.96. The summed E-state index contributed by atoms with van der Waals surface area (Å²) in [6, 6.07) is 0. The molecule has 1 aromatic rings. The van der Waals surface area contributed by atoms with Gasteiger partial charge in [0.15, 0.2) is 0 Å². The minimum Gasteiger partial charge on any atom is -0.369 e. The standard InChI is InChI=1S/C11H19N3S/c1-8(15-4)5-6-12-11-7-13-9(2)10(3)14-11/h7-8H,5-6H2,1-4H3,(H,12,14). The molecule has 0 radical (unpaired) electrons. The smallest absolute Gasteiger partial charge is 0.144 e. The van der Waals surface area contributed by atoms with Gasteiger partial charge in [0.1, 0.15) is 5.82 Å². The monoisotopic (exact) mass is 225 g/mol. The Hall–Kier alpha value is -0.770. The van der Waals surface area contributed by atoms with Gasteiger partial charge < -0.3 is 5.32 Å². The molecule has 0 aromatic carbocycles. The molecule has 84 valence electrons. The molecule has 1 aromatic heterocycles. The van der Waals surface area contributed by atoms with Crippen molar-refractivity contribution in [3.63, 3.8) is 0 Å². The van der Waals surface area contributed by atoms with E-state index in [0.717, 1.165) is 30.2 Å². The van der Waals surface area contributed by atoms with Gasteiger partial charge in [-0.2, -0.15) is 11.8 Å². The van der Waals surface area contributed by atoms with Gasteiger partial charge in [0.05, 0.1) is 17.6 Å². The lowest BCUT2D eigenvalue weighted by Gasteiger charge is -2.10. The van der Waals surface area contributed by atoms with Gasteiger partial charge in [-0.05, 0) is 26.5 Å². The average Bonchev–Trinajstić information content (AvgIpc) is 2.23. The van der Waals surface area contributed by atoms with Gasteiger partial charge in [-0.3, -0.25) is 4.98 Å². The number of hydrogen-bond acceptors (Lipinski definition) is 4. The summed E-state index contributed by atoms with van der Waals surface area (Å²) in [5.41, 5.74) is 2.00. The van der Waals surface area contributed by atoms with Gasteiger partial charge in [-0.25, -0.2) is 4.98 Å². The summed E-state index contributed by atoms with van der Waals surface area (Å²) in [5.74, 6) is 0.881. The topological polar surface area (TPSA) is 37.8 Å². The number of rotatable bonds is 5. The maximum Gasteiger partial charge on any atom is 0.144 e. The summed E-state index contributed by atoms with van der Waals surface area (Å²) in [6.45, 7) is 7.15. The number of thioether (sulfide) groups is 1. The number of aromatic nitrogens is 2. The highest BCUT2D eigenvalue weighted by Crippen LogP contribution is 2.10. The lowest BCUT2D eigenvalue weighted by molar-refractivity contribution is 0.847. The summed E-state index contributed by atoms with van der Waals surface area (Å²) in [7, 11) is 0. The fourth-order valence-electron chi connectivity index (χ4n) is 1.15. The Kier molecular flexibility index (Phi) is 4.88. The van der Waals surface area contributed by atoms with Crippen LogP contribution in [-0.4, -0.2) is 28.0 Å². The van der Waals surface area contributed by atoms with E-state index in [1.54, 1.807) is 6.20 Å². The van der Waals surface area contributed by atoms with Crippen LogP contribution in [0.2, 0.25) is 0 Å². The molecule has 0 bridgehead atoms. The quantitative estimate of drug-likeness (QED) is 0.836. The molecule has 0 amide bonds. The maximum atomic E-state index is 4.41. The lowest BCUT2D eigenvalue weighted by atomic mass is 10.3. The second-order valence-electron chi connectivity index (χ2n) is 3.69. The first-order valence-electron chi connectivity index (χ1n) is 5.20. The number of aryl methyl sites for hydroxylation is 2. The minimum absolute atomic E-state index is 0.692. The minimum atomic E-state index is 0.692. The van der Waals surface area contributed by atoms with Crippen molar-refractivity contribution in [2.45, 2.75) is 32.4 Å². The summed E-state index contributed by atoms with van der Waals surface area (Å²) in [4.78, 5) is 8.68. The zero-order chi connectivity index (χ0) is 11.3. The molecule has 0 aliphatic rings. The second kappa shape index (κ2) is 5.95. The lowest BCUT2D eigenvalue weighted by Crippen LogP contribution is -2.09. The molecule has 0 aliphatic carbocycles. The van der Waals surface area contributed by atoms with Crippen molar-refractivity contribution in [1.82, 2.24) is 9.97 Å². The highest BCUT2D eigenvalue weighted by Gasteiger charge is 2.01. The summed E-state index contributed by atoms with van der Waals surface area (Å²) in [6.07, 6.45) is 5.09. The summed E-state index contributed by atoms with van der Waals surface area (Å²) < 4.78 is 0. The molecule has 1 N–H and O–H groups in total. The molecule has 4 heteroatoms. The van der Waals surface area contributed by atoms with Crippen LogP contribution in [0, 0.1) is 13.8 Å². The van der Waals surface area contributed by atoms with Crippen LogP contribution in [0.25, 0.3) is 0 Å². The van der Waals surface area contributed by atoms with Crippen molar-refractivity contribution >= 4 is 17.6 Å². The molecular formula is C11H19N3S. The normalized spacial score (nSPS) is 12.5. The molecular weight excluding hydrogens is 206 g/mol. The zero-order valence-corrected chi connectivity index (χ0v) is 10.7. The van der Waals surface area contributed by atoms with Crippen LogP contribution >= 0.6 is 11.8 Å². The van der Waals surface area contributed by atoms with Crippen LogP contribution in [0.15, 0.2) is 6.20 Å². The van der Waals surface area contributed by atoms with Crippen LogP contribution < -0.4 is 5.32 Å². The molecule has 1 atom stereocenters. The predicted molar refractivity (Wildman–Crippen MR) is 67.6 cm³/mol. The number of nitrogens with zero attached hydrogens (tertiary/aromatic N) is 2. The van der Waals surface area contributed by atoms with Gasteiger partial charge in [-0.15, -0.1) is 0 Å². The first-order valence-corrected chi connectivity index (χ1v) is 6.49. The predicted octanol–water partition coefficient (Wildman–Crippen LogP) is 2.65. The van der Waals surface area contributed by atoms with E-state index in [0.29, 0.717) is 5.25 Å². The van der Waals surface area contributed by atoms with Gasteiger partial charge in [-0.1, -0.05) is 6.92 Å². The van der Waals surface area contributed by atoms with Gasteiger partial charge in [0.25, 0.3) is 0 Å². The fourth-order valence-corrected chi connectivity index (χ4v) is 1.50. The van der Waals surface area contributed by atoms with E-state index in [2.05, 4.69) is 28.5 Å². The zero-order valence-electron chi connectivity index (χ0n) is 9.87. The Morgan fingerprint density at radius 3 is 2.73 bits per heavy atom. The third-order valence-corrected chi connectivity index (χ3v) is 3.49. The Bertz CT molecular complexity index is 315. The van der Waals surface area contributed by atoms with E-state index in [1.807, 2.05) is 25.6 Å². The summed E-state index contributed by atoms with van der Waals surface area (Å²) >= 11 is 1.89. The molecule has 0 aliphatic heterocycles. The van der Waals surface area contributed by atoms with Crippen LogP contribution in [-0.2, 0) is 0 Å². The SMILES string of the molecule is CSC(C)CCNc1cnc(C)c(C)n1. The molecule has 0 fully saturated rings. The number of hydrogen-bond donors (Lipinski definition) is 1. The van der Waals surface area contributed by atoms with Crippen molar-refractivity contribution in [2.24, 2.45) is 0 Å². The highest BCUT2D eigenvalue weighted by molar-refractivity contribution is 7.99. The van der Waals surface area contributed by atoms with Crippen molar-refractivity contribution in [2.75, 3.05) is 18.1 Å². The van der Waals surface area contributed by atoms with Crippen LogP contribution in [0.5, 0.6) is 0 Å². The average molecular weight is 225 g/mol. The van der Waals surface area contributed by atoms with Gasteiger partial charge in [0.2, 0.25) is 0 Å². The van der Waals surface area contributed by atoms with Gasteiger partial charge >= 0.3 is 0 Å². The molecule has 0 spiro atoms. The Morgan fingerprint density at radius 2 is 2.13 bits per heavy atom. The van der Waals surface area contributed by atoms with E-state index >= 15 is 0 Å². The third kappa shape index (κ3) is 4.08. The Balaban J connectivity index is 2.41. The van der Waals surface area contributed by atoms with Crippen molar-refractivity contribution in [3.05, 3.63) is 17.6 Å². The summed E-state index contributed by atoms with van der Waals surface area (Å²) in [5, 5.41) is 3.98. The van der Waals surface area contributed by atoms with E-state index in [4.69, 9.17) is 0 Å². The molecule has 0 saturated heterocycles. The van der Waals surface area contributed by atoms with Crippen molar-refractivity contribution in [3.8, 4) is 0 Å². The van der Waals surface area contributed by atoms with E-state index in [1.165, 1.54) is 0 Å². The fraction of sp³-hybridized carbons (Fsp3) is 0.636. The van der Waals surface area contributed by atoms with E-state index in [9.17, 15) is 0 Å². The van der Waals surface area contributed by atoms with E-state index < -0.39 is 0 Å². The molecule has 0 saturated carbocycles. The van der Waals surface area contributed by atoms with Crippen LogP contribution in [0.1, 0.15) is 24.7 Å². The number of nitrogens with one attached hydrogen (secondary N) is 1. The van der Waals surface area contributed by atoms with Crippen LogP contribution in [0.4, 0.5) is 5.82 Å². The Morgan fingerprint density at radius 1 is 1.40 bits per heavy atom. The molecule has 1 rings (SSSR count). The van der Waals surface area contributed by atoms with Crippen LogP contribution in [0.3, 0.4) is 0 Å². The van der Waals surface area contributed by atoms with Crippen molar-refractivity contribution < 1.29 is 0 Å². The van der Waals surface area contributed by atoms with Crippen molar-refractivity contribution in [1.29, 1.82) is 0 Å². The molecule has 3 nitrogen and oxygen atoms in total. The number of anilines is 1. The molecule has 1 heterocycles. The molecule has 1 unspecified atom stereocenters. The highest BCUT2D eigenvalue weighted by atomic mass is 32.2.